The summed E-state index contributed by atoms with van der Waals surface area (Å²) in [5.41, 5.74) is 0. The van der Waals surface area contributed by atoms with Gasteiger partial charge in [0.25, 0.3) is 0 Å². The number of sulfone groups is 1. The van der Waals surface area contributed by atoms with E-state index in [9.17, 15) is 13.2 Å². The number of hydrogen-bond acceptors (Lipinski definition) is 3. The first-order valence-electron chi connectivity index (χ1n) is 5.29. The van der Waals surface area contributed by atoms with Crippen LogP contribution >= 0.6 is 0 Å². The molecule has 0 aliphatic rings. The quantitative estimate of drug-likeness (QED) is 0.730. The van der Waals surface area contributed by atoms with Crippen molar-refractivity contribution < 1.29 is 18.3 Å². The van der Waals surface area contributed by atoms with Crippen LogP contribution in [0, 0.1) is 5.92 Å². The number of aliphatic carboxylic acids is 1. The molecule has 2 unspecified atom stereocenters. The molecule has 0 heterocycles. The molecule has 4 nitrogen and oxygen atoms in total. The second-order valence-electron chi connectivity index (χ2n) is 3.96. The van der Waals surface area contributed by atoms with Gasteiger partial charge in [-0.25, -0.2) is 8.42 Å². The zero-order valence-electron chi connectivity index (χ0n) is 9.56. The minimum absolute atomic E-state index is 0.0222. The van der Waals surface area contributed by atoms with Crippen LogP contribution in [0.25, 0.3) is 0 Å². The number of hydrogen-bond donors (Lipinski definition) is 1. The van der Waals surface area contributed by atoms with E-state index in [-0.39, 0.29) is 18.1 Å². The molecule has 0 amide bonds. The van der Waals surface area contributed by atoms with Gasteiger partial charge >= 0.3 is 5.97 Å². The fourth-order valence-corrected chi connectivity index (χ4v) is 3.68. The third-order valence-electron chi connectivity index (χ3n) is 2.38. The van der Waals surface area contributed by atoms with Crippen molar-refractivity contribution in [2.75, 3.05) is 5.75 Å². The Balaban J connectivity index is 4.59. The van der Waals surface area contributed by atoms with Crippen LogP contribution in [0.5, 0.6) is 0 Å². The maximum atomic E-state index is 11.7. The van der Waals surface area contributed by atoms with Crippen LogP contribution in [0.2, 0.25) is 0 Å². The summed E-state index contributed by atoms with van der Waals surface area (Å²) in [5, 5.41) is 7.53. The van der Waals surface area contributed by atoms with Gasteiger partial charge in [0.2, 0.25) is 0 Å². The van der Waals surface area contributed by atoms with Crippen LogP contribution in [-0.4, -0.2) is 30.5 Å². The van der Waals surface area contributed by atoms with Crippen molar-refractivity contribution >= 4 is 15.8 Å². The lowest BCUT2D eigenvalue weighted by molar-refractivity contribution is -0.136. The number of carboxylic acid groups (broad SMARTS) is 1. The molecule has 5 heteroatoms. The molecule has 0 rings (SSSR count). The molecule has 0 aliphatic heterocycles. The molecule has 0 saturated heterocycles. The molecule has 0 bridgehead atoms. The molecule has 0 aromatic carbocycles. The van der Waals surface area contributed by atoms with Crippen molar-refractivity contribution in [3.8, 4) is 0 Å². The molecule has 0 aliphatic carbocycles. The van der Waals surface area contributed by atoms with Crippen LogP contribution in [0.4, 0.5) is 0 Å². The normalized spacial score (nSPS) is 15.9. The molecule has 1 N–H and O–H groups in total. The average Bonchev–Trinajstić information content (AvgIpc) is 2.02. The molecule has 15 heavy (non-hydrogen) atoms. The van der Waals surface area contributed by atoms with Crippen LogP contribution in [0.3, 0.4) is 0 Å². The zero-order valence-corrected chi connectivity index (χ0v) is 10.4. The van der Waals surface area contributed by atoms with E-state index in [1.54, 1.807) is 6.92 Å². The van der Waals surface area contributed by atoms with Gasteiger partial charge < -0.3 is 5.11 Å². The Labute approximate surface area is 91.6 Å². The molecule has 0 fully saturated rings. The number of carbonyl (C=O) groups is 1. The molecule has 0 spiro atoms. The lowest BCUT2D eigenvalue weighted by Gasteiger charge is -2.15. The summed E-state index contributed by atoms with van der Waals surface area (Å²) in [6.07, 6.45) is 1.87. The van der Waals surface area contributed by atoms with Crippen LogP contribution in [0.1, 0.15) is 40.0 Å². The Morgan fingerprint density at radius 2 is 1.87 bits per heavy atom. The van der Waals surface area contributed by atoms with Gasteiger partial charge in [0.05, 0.1) is 5.75 Å². The molecule has 0 aromatic rings. The molecule has 0 saturated carbocycles. The van der Waals surface area contributed by atoms with Crippen LogP contribution < -0.4 is 0 Å². The van der Waals surface area contributed by atoms with Crippen molar-refractivity contribution in [1.29, 1.82) is 0 Å². The second kappa shape index (κ2) is 6.10. The molecular weight excluding hydrogens is 216 g/mol. The van der Waals surface area contributed by atoms with Crippen molar-refractivity contribution in [1.82, 2.24) is 0 Å². The van der Waals surface area contributed by atoms with Gasteiger partial charge in [0.15, 0.2) is 15.1 Å². The van der Waals surface area contributed by atoms with Crippen molar-refractivity contribution in [2.24, 2.45) is 5.92 Å². The highest BCUT2D eigenvalue weighted by Gasteiger charge is 2.31. The van der Waals surface area contributed by atoms with Gasteiger partial charge in [-0.15, -0.1) is 0 Å². The third-order valence-corrected chi connectivity index (χ3v) is 4.81. The summed E-state index contributed by atoms with van der Waals surface area (Å²) in [7, 11) is -3.49. The molecule has 0 aromatic heterocycles. The Bertz CT molecular complexity index is 295. The summed E-state index contributed by atoms with van der Waals surface area (Å²) >= 11 is 0. The maximum absolute atomic E-state index is 11.7. The smallest absolute Gasteiger partial charge is 0.321 e. The van der Waals surface area contributed by atoms with Gasteiger partial charge in [0, 0.05) is 0 Å². The van der Waals surface area contributed by atoms with Crippen molar-refractivity contribution in [3.05, 3.63) is 0 Å². The number of rotatable bonds is 7. The Morgan fingerprint density at radius 3 is 2.20 bits per heavy atom. The van der Waals surface area contributed by atoms with Gasteiger partial charge in [-0.2, -0.15) is 0 Å². The summed E-state index contributed by atoms with van der Waals surface area (Å²) in [4.78, 5) is 10.7. The van der Waals surface area contributed by atoms with Crippen molar-refractivity contribution in [2.45, 2.75) is 45.3 Å². The van der Waals surface area contributed by atoms with E-state index >= 15 is 0 Å². The fraction of sp³-hybridized carbons (Fsp3) is 0.900. The van der Waals surface area contributed by atoms with Gasteiger partial charge in [-0.1, -0.05) is 33.6 Å². The second-order valence-corrected chi connectivity index (χ2v) is 6.19. The molecule has 90 valence electrons. The predicted molar refractivity (Wildman–Crippen MR) is 59.6 cm³/mol. The predicted octanol–water partition coefficient (Wildman–Crippen LogP) is 1.70. The largest absolute Gasteiger partial charge is 0.480 e. The summed E-state index contributed by atoms with van der Waals surface area (Å²) in [5.74, 6) is -1.22. The zero-order chi connectivity index (χ0) is 12.1. The average molecular weight is 236 g/mol. The minimum Gasteiger partial charge on any atom is -0.480 e. The first-order valence-corrected chi connectivity index (χ1v) is 7.01. The monoisotopic (exact) mass is 236 g/mol. The highest BCUT2D eigenvalue weighted by atomic mass is 32.2. The van der Waals surface area contributed by atoms with E-state index in [4.69, 9.17) is 5.11 Å². The Hall–Kier alpha value is -0.580. The van der Waals surface area contributed by atoms with Gasteiger partial charge in [-0.3, -0.25) is 4.79 Å². The highest BCUT2D eigenvalue weighted by Crippen LogP contribution is 2.14. The third kappa shape index (κ3) is 4.64. The first-order chi connectivity index (χ1) is 6.85. The van der Waals surface area contributed by atoms with E-state index in [1.165, 1.54) is 0 Å². The van der Waals surface area contributed by atoms with Crippen LogP contribution in [0.15, 0.2) is 0 Å². The van der Waals surface area contributed by atoms with E-state index in [0.29, 0.717) is 0 Å². The van der Waals surface area contributed by atoms with Gasteiger partial charge in [0.1, 0.15) is 0 Å². The summed E-state index contributed by atoms with van der Waals surface area (Å²) in [6.45, 7) is 5.41. The minimum atomic E-state index is -3.49. The summed E-state index contributed by atoms with van der Waals surface area (Å²) < 4.78 is 23.4. The Morgan fingerprint density at radius 1 is 1.33 bits per heavy atom. The van der Waals surface area contributed by atoms with E-state index in [2.05, 4.69) is 0 Å². The molecular formula is C10H20O4S. The fourth-order valence-electron chi connectivity index (χ4n) is 1.67. The highest BCUT2D eigenvalue weighted by molar-refractivity contribution is 7.92. The van der Waals surface area contributed by atoms with Crippen molar-refractivity contribution in [3.63, 3.8) is 0 Å². The molecule has 0 radical (unpaired) electrons. The topological polar surface area (TPSA) is 71.4 Å². The van der Waals surface area contributed by atoms with Crippen LogP contribution in [-0.2, 0) is 14.6 Å². The lowest BCUT2D eigenvalue weighted by Crippen LogP contribution is -2.33. The number of carboxylic acids is 1. The standard InChI is InChI=1S/C10H20O4S/c1-4-6-8(3)7-15(13,14)9(5-2)10(11)12/h8-9H,4-7H2,1-3H3,(H,11,12). The SMILES string of the molecule is CCCC(C)CS(=O)(=O)C(CC)C(=O)O. The Kier molecular flexibility index (Phi) is 5.87. The molecule has 2 atom stereocenters. The summed E-state index contributed by atoms with van der Waals surface area (Å²) in [6, 6.07) is 0. The maximum Gasteiger partial charge on any atom is 0.321 e. The lowest BCUT2D eigenvalue weighted by atomic mass is 10.1. The van der Waals surface area contributed by atoms with E-state index in [1.807, 2.05) is 13.8 Å². The van der Waals surface area contributed by atoms with E-state index < -0.39 is 21.1 Å². The van der Waals surface area contributed by atoms with Gasteiger partial charge in [-0.05, 0) is 12.3 Å². The first kappa shape index (κ1) is 14.4. The van der Waals surface area contributed by atoms with E-state index in [0.717, 1.165) is 12.8 Å².